The molecule has 1 N–H and O–H groups in total. The van der Waals surface area contributed by atoms with Crippen molar-refractivity contribution < 1.29 is 9.90 Å². The van der Waals surface area contributed by atoms with Crippen molar-refractivity contribution in [1.29, 1.82) is 0 Å². The summed E-state index contributed by atoms with van der Waals surface area (Å²) >= 11 is 0. The van der Waals surface area contributed by atoms with Crippen molar-refractivity contribution in [3.8, 4) is 0 Å². The first kappa shape index (κ1) is 11.1. The molecule has 0 atom stereocenters. The van der Waals surface area contributed by atoms with Crippen molar-refractivity contribution in [3.63, 3.8) is 0 Å². The molecule has 2 heteroatoms. The first-order valence-corrected chi connectivity index (χ1v) is 5.71. The van der Waals surface area contributed by atoms with Gasteiger partial charge in [0.25, 0.3) is 0 Å². The smallest absolute Gasteiger partial charge is 0.187 e. The molecule has 1 fully saturated rings. The maximum atomic E-state index is 11.8. The fourth-order valence-corrected chi connectivity index (χ4v) is 2.10. The van der Waals surface area contributed by atoms with E-state index >= 15 is 0 Å². The van der Waals surface area contributed by atoms with Gasteiger partial charge in [-0.3, -0.25) is 4.79 Å². The predicted octanol–water partition coefficient (Wildman–Crippen LogP) is 2.57. The molecular formula is C14H16O2. The summed E-state index contributed by atoms with van der Waals surface area (Å²) in [5, 5.41) is 10.0. The third-order valence-electron chi connectivity index (χ3n) is 3.12. The molecule has 1 aliphatic carbocycles. The van der Waals surface area contributed by atoms with Crippen LogP contribution in [-0.2, 0) is 4.79 Å². The summed E-state index contributed by atoms with van der Waals surface area (Å²) in [5.74, 6) is -0.158. The molecule has 2 rings (SSSR count). The zero-order chi connectivity index (χ0) is 11.4. The highest BCUT2D eigenvalue weighted by Gasteiger charge is 2.36. The molecule has 0 aromatic heterocycles. The summed E-state index contributed by atoms with van der Waals surface area (Å²) in [6.07, 6.45) is 6.36. The number of hydrogen-bond acceptors (Lipinski definition) is 2. The lowest BCUT2D eigenvalue weighted by molar-refractivity contribution is -0.131. The second kappa shape index (κ2) is 4.62. The molecular weight excluding hydrogens is 200 g/mol. The molecule has 0 saturated heterocycles. The Morgan fingerprint density at radius 1 is 1.19 bits per heavy atom. The molecule has 0 unspecified atom stereocenters. The minimum atomic E-state index is -1.09. The second-order valence-corrected chi connectivity index (χ2v) is 4.35. The van der Waals surface area contributed by atoms with Gasteiger partial charge >= 0.3 is 0 Å². The van der Waals surface area contributed by atoms with E-state index in [1.54, 1.807) is 6.08 Å². The molecule has 0 aliphatic heterocycles. The van der Waals surface area contributed by atoms with Gasteiger partial charge in [0.05, 0.1) is 0 Å². The maximum Gasteiger partial charge on any atom is 0.187 e. The maximum absolute atomic E-state index is 11.8. The van der Waals surface area contributed by atoms with Gasteiger partial charge in [0.2, 0.25) is 0 Å². The van der Waals surface area contributed by atoms with E-state index < -0.39 is 5.60 Å². The minimum Gasteiger partial charge on any atom is -0.382 e. The number of ketones is 1. The average Bonchev–Trinajstić information content (AvgIpc) is 2.76. The monoisotopic (exact) mass is 216 g/mol. The van der Waals surface area contributed by atoms with E-state index in [4.69, 9.17) is 0 Å². The van der Waals surface area contributed by atoms with E-state index in [1.165, 1.54) is 6.08 Å². The Bertz CT molecular complexity index is 386. The van der Waals surface area contributed by atoms with Crippen LogP contribution in [0.5, 0.6) is 0 Å². The minimum absolute atomic E-state index is 0.158. The number of carbonyl (C=O) groups excluding carboxylic acids is 1. The number of carbonyl (C=O) groups is 1. The van der Waals surface area contributed by atoms with Crippen molar-refractivity contribution in [2.45, 2.75) is 31.3 Å². The third kappa shape index (κ3) is 2.39. The summed E-state index contributed by atoms with van der Waals surface area (Å²) in [4.78, 5) is 11.8. The van der Waals surface area contributed by atoms with Crippen LogP contribution in [0.1, 0.15) is 31.2 Å². The van der Waals surface area contributed by atoms with Crippen LogP contribution in [0, 0.1) is 0 Å². The summed E-state index contributed by atoms with van der Waals surface area (Å²) < 4.78 is 0. The third-order valence-corrected chi connectivity index (χ3v) is 3.12. The van der Waals surface area contributed by atoms with Crippen molar-refractivity contribution in [2.24, 2.45) is 0 Å². The second-order valence-electron chi connectivity index (χ2n) is 4.35. The van der Waals surface area contributed by atoms with E-state index in [-0.39, 0.29) is 5.78 Å². The Balaban J connectivity index is 2.05. The summed E-state index contributed by atoms with van der Waals surface area (Å²) in [6.45, 7) is 0. The van der Waals surface area contributed by atoms with Crippen LogP contribution in [0.3, 0.4) is 0 Å². The van der Waals surface area contributed by atoms with Gasteiger partial charge in [0, 0.05) is 0 Å². The normalized spacial score (nSPS) is 19.1. The summed E-state index contributed by atoms with van der Waals surface area (Å²) in [7, 11) is 0. The number of benzene rings is 1. The Morgan fingerprint density at radius 2 is 1.81 bits per heavy atom. The van der Waals surface area contributed by atoms with E-state index in [1.807, 2.05) is 30.3 Å². The molecule has 0 amide bonds. The number of hydrogen-bond donors (Lipinski definition) is 1. The van der Waals surface area contributed by atoms with Crippen LogP contribution >= 0.6 is 0 Å². The van der Waals surface area contributed by atoms with E-state index in [0.29, 0.717) is 12.8 Å². The molecule has 84 valence electrons. The highest BCUT2D eigenvalue weighted by atomic mass is 16.3. The standard InChI is InChI=1S/C14H16O2/c15-13(14(16)10-4-5-11-14)9-8-12-6-2-1-3-7-12/h1-3,6-9,16H,4-5,10-11H2/b9-8+. The Morgan fingerprint density at radius 3 is 2.44 bits per heavy atom. The first-order chi connectivity index (χ1) is 7.71. The van der Waals surface area contributed by atoms with Crippen molar-refractivity contribution >= 4 is 11.9 Å². The average molecular weight is 216 g/mol. The zero-order valence-corrected chi connectivity index (χ0v) is 9.23. The molecule has 16 heavy (non-hydrogen) atoms. The molecule has 2 nitrogen and oxygen atoms in total. The lowest BCUT2D eigenvalue weighted by Crippen LogP contribution is -2.33. The molecule has 0 bridgehead atoms. The van der Waals surface area contributed by atoms with Crippen LogP contribution in [0.2, 0.25) is 0 Å². The van der Waals surface area contributed by atoms with Crippen LogP contribution in [0.15, 0.2) is 36.4 Å². The van der Waals surface area contributed by atoms with Crippen LogP contribution < -0.4 is 0 Å². The fourth-order valence-electron chi connectivity index (χ4n) is 2.10. The Labute approximate surface area is 95.6 Å². The quantitative estimate of drug-likeness (QED) is 0.788. The molecule has 0 spiro atoms. The Kier molecular flexibility index (Phi) is 3.20. The van der Waals surface area contributed by atoms with Gasteiger partial charge in [-0.25, -0.2) is 0 Å². The lowest BCUT2D eigenvalue weighted by Gasteiger charge is -2.17. The molecule has 0 heterocycles. The molecule has 1 aliphatic rings. The molecule has 1 aromatic carbocycles. The van der Waals surface area contributed by atoms with Crippen LogP contribution in [0.4, 0.5) is 0 Å². The van der Waals surface area contributed by atoms with Gasteiger partial charge in [0.15, 0.2) is 5.78 Å². The predicted molar refractivity (Wildman–Crippen MR) is 63.9 cm³/mol. The number of rotatable bonds is 3. The van der Waals surface area contributed by atoms with E-state index in [9.17, 15) is 9.90 Å². The van der Waals surface area contributed by atoms with Crippen LogP contribution in [0.25, 0.3) is 6.08 Å². The lowest BCUT2D eigenvalue weighted by atomic mass is 9.96. The largest absolute Gasteiger partial charge is 0.382 e. The van der Waals surface area contributed by atoms with Crippen molar-refractivity contribution in [3.05, 3.63) is 42.0 Å². The first-order valence-electron chi connectivity index (χ1n) is 5.71. The molecule has 0 radical (unpaired) electrons. The zero-order valence-electron chi connectivity index (χ0n) is 9.23. The van der Waals surface area contributed by atoms with Gasteiger partial charge < -0.3 is 5.11 Å². The summed E-state index contributed by atoms with van der Waals surface area (Å²) in [6, 6.07) is 9.65. The number of aliphatic hydroxyl groups is 1. The van der Waals surface area contributed by atoms with Gasteiger partial charge in [0.1, 0.15) is 5.60 Å². The van der Waals surface area contributed by atoms with Gasteiger partial charge in [-0.1, -0.05) is 36.4 Å². The van der Waals surface area contributed by atoms with Gasteiger partial charge in [-0.15, -0.1) is 0 Å². The van der Waals surface area contributed by atoms with E-state index in [0.717, 1.165) is 18.4 Å². The van der Waals surface area contributed by atoms with Crippen molar-refractivity contribution in [2.75, 3.05) is 0 Å². The fraction of sp³-hybridized carbons (Fsp3) is 0.357. The van der Waals surface area contributed by atoms with Gasteiger partial charge in [-0.05, 0) is 37.3 Å². The Hall–Kier alpha value is -1.41. The van der Waals surface area contributed by atoms with Crippen molar-refractivity contribution in [1.82, 2.24) is 0 Å². The SMILES string of the molecule is O=C(/C=C/c1ccccc1)C1(O)CCCC1. The summed E-state index contributed by atoms with van der Waals surface area (Å²) in [5.41, 5.74) is -0.108. The highest BCUT2D eigenvalue weighted by Crippen LogP contribution is 2.30. The van der Waals surface area contributed by atoms with Gasteiger partial charge in [-0.2, -0.15) is 0 Å². The van der Waals surface area contributed by atoms with E-state index in [2.05, 4.69) is 0 Å². The molecule has 1 saturated carbocycles. The topological polar surface area (TPSA) is 37.3 Å². The molecule has 1 aromatic rings. The highest BCUT2D eigenvalue weighted by molar-refractivity contribution is 6.00. The van der Waals surface area contributed by atoms with Crippen LogP contribution in [-0.4, -0.2) is 16.5 Å².